The van der Waals surface area contributed by atoms with Gasteiger partial charge in [0, 0.05) is 5.57 Å². The molecule has 0 saturated carbocycles. The Morgan fingerprint density at radius 1 is 1.00 bits per heavy atom. The lowest BCUT2D eigenvalue weighted by atomic mass is 10.0. The van der Waals surface area contributed by atoms with Crippen LogP contribution in [0.4, 0.5) is 0 Å². The number of nitrogens with one attached hydrogen (secondary N) is 1. The van der Waals surface area contributed by atoms with Gasteiger partial charge in [0.05, 0.1) is 30.9 Å². The lowest BCUT2D eigenvalue weighted by molar-refractivity contribution is -0.144. The first-order chi connectivity index (χ1) is 12.5. The minimum atomic E-state index is -1.13. The number of esters is 1. The molecule has 0 spiro atoms. The van der Waals surface area contributed by atoms with Gasteiger partial charge < -0.3 is 20.1 Å². The van der Waals surface area contributed by atoms with E-state index in [0.717, 1.165) is 12.8 Å². The average molecular weight is 372 g/mol. The fourth-order valence-electron chi connectivity index (χ4n) is 3.36. The molecule has 0 bridgehead atoms. The zero-order valence-electron chi connectivity index (χ0n) is 16.4. The van der Waals surface area contributed by atoms with E-state index in [0.29, 0.717) is 6.61 Å². The number of allylic oxidation sites excluding steroid dienone is 1. The summed E-state index contributed by atoms with van der Waals surface area (Å²) < 4.78 is 5.21. The van der Waals surface area contributed by atoms with Gasteiger partial charge >= 0.3 is 5.97 Å². The Hall–Kier alpha value is -1.11. The van der Waals surface area contributed by atoms with Crippen LogP contribution >= 0.6 is 0 Å². The Kier molecular flexibility index (Phi) is 11.6. The van der Waals surface area contributed by atoms with Crippen molar-refractivity contribution in [2.75, 3.05) is 6.61 Å². The maximum Gasteiger partial charge on any atom is 0.307 e. The summed E-state index contributed by atoms with van der Waals surface area (Å²) in [4.78, 5) is 11.9. The number of aliphatic hydroxyl groups is 3. The highest BCUT2D eigenvalue weighted by Crippen LogP contribution is 2.23. The predicted octanol–water partition coefficient (Wildman–Crippen LogP) is 3.32. The molecule has 3 atom stereocenters. The first-order valence-corrected chi connectivity index (χ1v) is 10.1. The van der Waals surface area contributed by atoms with Crippen molar-refractivity contribution in [3.8, 4) is 0 Å². The third-order valence-electron chi connectivity index (χ3n) is 4.93. The van der Waals surface area contributed by atoms with E-state index < -0.39 is 24.3 Å². The maximum atomic E-state index is 11.9. The van der Waals surface area contributed by atoms with E-state index in [9.17, 15) is 20.1 Å². The van der Waals surface area contributed by atoms with Gasteiger partial charge in [-0.3, -0.25) is 10.1 Å². The van der Waals surface area contributed by atoms with Crippen LogP contribution in [0.5, 0.6) is 0 Å². The molecule has 0 amide bonds. The van der Waals surface area contributed by atoms with E-state index >= 15 is 0 Å². The highest BCUT2D eigenvalue weighted by molar-refractivity contribution is 5.70. The van der Waals surface area contributed by atoms with Gasteiger partial charge in [0.25, 0.3) is 0 Å². The topological polar surface area (TPSA) is 99.0 Å². The molecule has 4 N–H and O–H groups in total. The molecule has 0 aromatic heterocycles. The number of rotatable bonds is 13. The molecule has 0 aromatic rings. The largest absolute Gasteiger partial charge is 0.512 e. The summed E-state index contributed by atoms with van der Waals surface area (Å²) in [5.41, 5.74) is 0.123. The molecule has 1 fully saturated rings. The minimum absolute atomic E-state index is 0.0350. The molecule has 1 rings (SSSR count). The second-order valence-electron chi connectivity index (χ2n) is 7.27. The molecular weight excluding hydrogens is 334 g/mol. The second-order valence-corrected chi connectivity index (χ2v) is 7.27. The molecule has 1 heterocycles. The van der Waals surface area contributed by atoms with Crippen molar-refractivity contribution in [3.05, 3.63) is 11.3 Å². The van der Waals surface area contributed by atoms with Crippen molar-refractivity contribution in [2.24, 2.45) is 0 Å². The second kappa shape index (κ2) is 13.1. The van der Waals surface area contributed by atoms with Crippen LogP contribution in [0.15, 0.2) is 11.3 Å². The minimum Gasteiger partial charge on any atom is -0.512 e. The van der Waals surface area contributed by atoms with E-state index in [1.165, 1.54) is 58.3 Å². The summed E-state index contributed by atoms with van der Waals surface area (Å²) in [6.45, 7) is 4.02. The molecule has 152 valence electrons. The van der Waals surface area contributed by atoms with Crippen LogP contribution in [0.2, 0.25) is 0 Å². The molecule has 0 aliphatic carbocycles. The summed E-state index contributed by atoms with van der Waals surface area (Å²) in [6, 6.07) is -0.637. The molecule has 6 heteroatoms. The van der Waals surface area contributed by atoms with Gasteiger partial charge in [0.1, 0.15) is 6.23 Å². The predicted molar refractivity (Wildman–Crippen MR) is 102 cm³/mol. The SMILES string of the molecule is CCCCCCCCCCCCOC(=O)CC1NC(O)/C(=C(/C)O)C1O. The van der Waals surface area contributed by atoms with Crippen LogP contribution in [0.3, 0.4) is 0 Å². The van der Waals surface area contributed by atoms with Gasteiger partial charge in [-0.15, -0.1) is 0 Å². The summed E-state index contributed by atoms with van der Waals surface area (Å²) >= 11 is 0. The van der Waals surface area contributed by atoms with Gasteiger partial charge in [0.15, 0.2) is 0 Å². The van der Waals surface area contributed by atoms with E-state index in [4.69, 9.17) is 4.74 Å². The monoisotopic (exact) mass is 371 g/mol. The van der Waals surface area contributed by atoms with Crippen LogP contribution < -0.4 is 5.32 Å². The van der Waals surface area contributed by atoms with Crippen LogP contribution in [0.1, 0.15) is 84.5 Å². The molecule has 6 nitrogen and oxygen atoms in total. The van der Waals surface area contributed by atoms with Crippen molar-refractivity contribution in [1.82, 2.24) is 5.32 Å². The quantitative estimate of drug-likeness (QED) is 0.225. The molecule has 1 aliphatic heterocycles. The summed E-state index contributed by atoms with van der Waals surface area (Å²) in [6.07, 6.45) is 10.0. The highest BCUT2D eigenvalue weighted by atomic mass is 16.5. The molecule has 1 saturated heterocycles. The Balaban J connectivity index is 2.03. The lowest BCUT2D eigenvalue weighted by Crippen LogP contribution is -2.35. The van der Waals surface area contributed by atoms with E-state index in [2.05, 4.69) is 12.2 Å². The first kappa shape index (κ1) is 22.9. The zero-order chi connectivity index (χ0) is 19.4. The average Bonchev–Trinajstić information content (AvgIpc) is 2.86. The van der Waals surface area contributed by atoms with Gasteiger partial charge in [-0.1, -0.05) is 64.7 Å². The van der Waals surface area contributed by atoms with Crippen LogP contribution in [-0.2, 0) is 9.53 Å². The molecule has 0 aromatic carbocycles. The number of hydrogen-bond donors (Lipinski definition) is 4. The van der Waals surface area contributed by atoms with Crippen LogP contribution in [0, 0.1) is 0 Å². The molecule has 3 unspecified atom stereocenters. The maximum absolute atomic E-state index is 11.9. The van der Waals surface area contributed by atoms with Crippen molar-refractivity contribution >= 4 is 5.97 Å². The van der Waals surface area contributed by atoms with Gasteiger partial charge in [0.2, 0.25) is 0 Å². The van der Waals surface area contributed by atoms with Crippen molar-refractivity contribution in [1.29, 1.82) is 0 Å². The third kappa shape index (κ3) is 8.52. The molecule has 1 aliphatic rings. The van der Waals surface area contributed by atoms with E-state index in [1.54, 1.807) is 0 Å². The normalized spacial score (nSPS) is 24.7. The van der Waals surface area contributed by atoms with Crippen molar-refractivity contribution in [2.45, 2.75) is 103 Å². The van der Waals surface area contributed by atoms with Gasteiger partial charge in [-0.05, 0) is 13.3 Å². The Morgan fingerprint density at radius 2 is 1.54 bits per heavy atom. The molecule has 26 heavy (non-hydrogen) atoms. The Labute approximate surface area is 157 Å². The van der Waals surface area contributed by atoms with Crippen molar-refractivity contribution in [3.63, 3.8) is 0 Å². The van der Waals surface area contributed by atoms with Crippen LogP contribution in [-0.4, -0.2) is 46.3 Å². The number of hydrogen-bond acceptors (Lipinski definition) is 6. The lowest BCUT2D eigenvalue weighted by Gasteiger charge is -2.14. The fraction of sp³-hybridized carbons (Fsp3) is 0.850. The Morgan fingerprint density at radius 3 is 2.04 bits per heavy atom. The number of carbonyl (C=O) groups excluding carboxylic acids is 1. The van der Waals surface area contributed by atoms with E-state index in [-0.39, 0.29) is 17.8 Å². The van der Waals surface area contributed by atoms with Gasteiger partial charge in [-0.2, -0.15) is 0 Å². The first-order valence-electron chi connectivity index (χ1n) is 10.1. The van der Waals surface area contributed by atoms with E-state index in [1.807, 2.05) is 0 Å². The highest BCUT2D eigenvalue weighted by Gasteiger charge is 2.39. The summed E-state index contributed by atoms with van der Waals surface area (Å²) in [5, 5.41) is 32.0. The molecular formula is C20H37NO5. The smallest absolute Gasteiger partial charge is 0.307 e. The Bertz CT molecular complexity index is 434. The summed E-state index contributed by atoms with van der Waals surface area (Å²) in [7, 11) is 0. The standard InChI is InChI=1S/C20H37NO5/c1-3-4-5-6-7-8-9-10-11-12-13-26-17(23)14-16-19(24)18(15(2)22)20(25)21-16/h16,19-22,24-25H,3-14H2,1-2H3/b18-15-. The van der Waals surface area contributed by atoms with Crippen LogP contribution in [0.25, 0.3) is 0 Å². The molecule has 0 radical (unpaired) electrons. The summed E-state index contributed by atoms with van der Waals surface area (Å²) in [5.74, 6) is -0.528. The third-order valence-corrected chi connectivity index (χ3v) is 4.93. The number of carbonyl (C=O) groups is 1. The number of ether oxygens (including phenoxy) is 1. The number of aliphatic hydroxyl groups excluding tert-OH is 3. The number of unbranched alkanes of at least 4 members (excludes halogenated alkanes) is 9. The zero-order valence-corrected chi connectivity index (χ0v) is 16.4. The van der Waals surface area contributed by atoms with Crippen molar-refractivity contribution < 1.29 is 24.9 Å². The fourth-order valence-corrected chi connectivity index (χ4v) is 3.36. The van der Waals surface area contributed by atoms with Gasteiger partial charge in [-0.25, -0.2) is 0 Å².